The largest absolute Gasteiger partial charge is 0.347 e. The molecule has 0 aromatic heterocycles. The van der Waals surface area contributed by atoms with E-state index in [9.17, 15) is 9.59 Å². The van der Waals surface area contributed by atoms with Crippen LogP contribution >= 0.6 is 11.9 Å². The topological polar surface area (TPSA) is 43.4 Å². The van der Waals surface area contributed by atoms with Crippen LogP contribution in [0, 0.1) is 11.8 Å². The summed E-state index contributed by atoms with van der Waals surface area (Å²) >= 11 is 4.86. The molecule has 0 saturated heterocycles. The highest BCUT2D eigenvalue weighted by Gasteiger charge is 2.38. The lowest BCUT2D eigenvalue weighted by Gasteiger charge is -2.07. The van der Waals surface area contributed by atoms with Crippen molar-refractivity contribution in [2.24, 2.45) is 11.8 Å². The zero-order chi connectivity index (χ0) is 8.43. The van der Waals surface area contributed by atoms with Crippen molar-refractivity contribution in [1.82, 2.24) is 0 Å². The SMILES string of the molecule is C[C@@H]1CCC(=O)C1C(=O)OCl. The third kappa shape index (κ3) is 1.53. The van der Waals surface area contributed by atoms with Crippen molar-refractivity contribution in [2.45, 2.75) is 19.8 Å². The first-order valence-corrected chi connectivity index (χ1v) is 3.83. The van der Waals surface area contributed by atoms with Gasteiger partial charge in [-0.2, -0.15) is 0 Å². The first kappa shape index (κ1) is 8.53. The van der Waals surface area contributed by atoms with Crippen LogP contribution in [-0.4, -0.2) is 11.8 Å². The number of carbonyl (C=O) groups is 2. The average molecular weight is 177 g/mol. The van der Waals surface area contributed by atoms with Crippen molar-refractivity contribution in [3.8, 4) is 0 Å². The predicted molar refractivity (Wildman–Crippen MR) is 38.8 cm³/mol. The number of halogens is 1. The van der Waals surface area contributed by atoms with Gasteiger partial charge in [-0.05, 0) is 12.3 Å². The first-order valence-electron chi connectivity index (χ1n) is 3.52. The first-order chi connectivity index (χ1) is 5.16. The molecule has 1 rings (SSSR count). The van der Waals surface area contributed by atoms with E-state index in [1.54, 1.807) is 0 Å². The van der Waals surface area contributed by atoms with Crippen LogP contribution in [0.4, 0.5) is 0 Å². The summed E-state index contributed by atoms with van der Waals surface area (Å²) in [5.74, 6) is -1.20. The fraction of sp³-hybridized carbons (Fsp3) is 0.714. The zero-order valence-corrected chi connectivity index (χ0v) is 6.93. The van der Waals surface area contributed by atoms with Gasteiger partial charge >= 0.3 is 5.97 Å². The molecule has 0 amide bonds. The van der Waals surface area contributed by atoms with Gasteiger partial charge in [0.15, 0.2) is 0 Å². The van der Waals surface area contributed by atoms with Crippen LogP contribution in [0.3, 0.4) is 0 Å². The highest BCUT2D eigenvalue weighted by atomic mass is 35.5. The number of Topliss-reactive ketones (excluding diaryl/α,β-unsaturated/α-hetero) is 1. The average Bonchev–Trinajstić information content (AvgIpc) is 2.30. The quantitative estimate of drug-likeness (QED) is 0.566. The Morgan fingerprint density at radius 2 is 2.36 bits per heavy atom. The van der Waals surface area contributed by atoms with Crippen LogP contribution < -0.4 is 0 Å². The molecule has 2 atom stereocenters. The minimum absolute atomic E-state index is 0.0526. The summed E-state index contributed by atoms with van der Waals surface area (Å²) in [6, 6.07) is 0. The molecular formula is C7H9ClO3. The summed E-state index contributed by atoms with van der Waals surface area (Å²) in [7, 11) is 0. The molecule has 0 radical (unpaired) electrons. The number of ketones is 1. The monoisotopic (exact) mass is 176 g/mol. The Bertz CT molecular complexity index is 190. The van der Waals surface area contributed by atoms with Crippen molar-refractivity contribution in [2.75, 3.05) is 0 Å². The van der Waals surface area contributed by atoms with Crippen LogP contribution in [0.25, 0.3) is 0 Å². The molecule has 0 bridgehead atoms. The molecule has 0 aromatic rings. The maximum atomic E-state index is 11.0. The summed E-state index contributed by atoms with van der Waals surface area (Å²) in [5.41, 5.74) is 0. The lowest BCUT2D eigenvalue weighted by atomic mass is 9.98. The van der Waals surface area contributed by atoms with Crippen LogP contribution in [-0.2, 0) is 13.9 Å². The van der Waals surface area contributed by atoms with Gasteiger partial charge < -0.3 is 4.29 Å². The van der Waals surface area contributed by atoms with Gasteiger partial charge in [-0.3, -0.25) is 4.79 Å². The second-order valence-electron chi connectivity index (χ2n) is 2.86. The van der Waals surface area contributed by atoms with Crippen LogP contribution in [0.15, 0.2) is 0 Å². The Balaban J connectivity index is 2.68. The summed E-state index contributed by atoms with van der Waals surface area (Å²) in [6.07, 6.45) is 1.23. The standard InChI is InChI=1S/C7H9ClO3/c1-4-2-3-5(9)6(4)7(10)11-8/h4,6H,2-3H2,1H3/t4-,6?/m1/s1. The van der Waals surface area contributed by atoms with Crippen molar-refractivity contribution in [3.05, 3.63) is 0 Å². The molecule has 1 aliphatic rings. The van der Waals surface area contributed by atoms with Gasteiger partial charge in [-0.25, -0.2) is 4.79 Å². The highest BCUT2D eigenvalue weighted by Crippen LogP contribution is 2.29. The van der Waals surface area contributed by atoms with E-state index in [-0.39, 0.29) is 11.7 Å². The molecule has 62 valence electrons. The molecule has 1 fully saturated rings. The predicted octanol–water partition coefficient (Wildman–Crippen LogP) is 1.30. The Morgan fingerprint density at radius 1 is 1.73 bits per heavy atom. The molecule has 3 nitrogen and oxygen atoms in total. The molecule has 0 heterocycles. The third-order valence-corrected chi connectivity index (χ3v) is 2.24. The number of hydrogen-bond acceptors (Lipinski definition) is 3. The molecule has 1 saturated carbocycles. The van der Waals surface area contributed by atoms with E-state index in [2.05, 4.69) is 4.29 Å². The second kappa shape index (κ2) is 3.22. The second-order valence-corrected chi connectivity index (χ2v) is 3.01. The summed E-state index contributed by atoms with van der Waals surface area (Å²) < 4.78 is 3.99. The molecule has 1 aliphatic carbocycles. The molecule has 0 aromatic carbocycles. The minimum Gasteiger partial charge on any atom is -0.347 e. The molecule has 4 heteroatoms. The van der Waals surface area contributed by atoms with E-state index < -0.39 is 11.9 Å². The number of carbonyl (C=O) groups excluding carboxylic acids is 2. The number of rotatable bonds is 1. The van der Waals surface area contributed by atoms with E-state index in [4.69, 9.17) is 11.9 Å². The Hall–Kier alpha value is -0.570. The molecule has 0 aliphatic heterocycles. The van der Waals surface area contributed by atoms with E-state index in [0.717, 1.165) is 6.42 Å². The maximum Gasteiger partial charge on any atom is 0.335 e. The van der Waals surface area contributed by atoms with Gasteiger partial charge in [0, 0.05) is 6.42 Å². The van der Waals surface area contributed by atoms with Crippen LogP contribution in [0.5, 0.6) is 0 Å². The van der Waals surface area contributed by atoms with Gasteiger partial charge in [-0.1, -0.05) is 6.92 Å². The van der Waals surface area contributed by atoms with Crippen LogP contribution in [0.1, 0.15) is 19.8 Å². The summed E-state index contributed by atoms with van der Waals surface area (Å²) in [6.45, 7) is 1.85. The summed E-state index contributed by atoms with van der Waals surface area (Å²) in [4.78, 5) is 21.9. The van der Waals surface area contributed by atoms with Crippen molar-refractivity contribution in [1.29, 1.82) is 0 Å². The van der Waals surface area contributed by atoms with Crippen molar-refractivity contribution >= 4 is 23.6 Å². The lowest BCUT2D eigenvalue weighted by molar-refractivity contribution is -0.143. The minimum atomic E-state index is -0.618. The third-order valence-electron chi connectivity index (χ3n) is 2.09. The van der Waals surface area contributed by atoms with E-state index in [0.29, 0.717) is 6.42 Å². The highest BCUT2D eigenvalue weighted by molar-refractivity contribution is 6.16. The van der Waals surface area contributed by atoms with Gasteiger partial charge in [0.2, 0.25) is 0 Å². The van der Waals surface area contributed by atoms with Gasteiger partial charge in [0.1, 0.15) is 23.6 Å². The van der Waals surface area contributed by atoms with E-state index >= 15 is 0 Å². The molecule has 11 heavy (non-hydrogen) atoms. The fourth-order valence-electron chi connectivity index (χ4n) is 1.42. The van der Waals surface area contributed by atoms with Crippen LogP contribution in [0.2, 0.25) is 0 Å². The molecule has 1 unspecified atom stereocenters. The Morgan fingerprint density at radius 3 is 2.73 bits per heavy atom. The van der Waals surface area contributed by atoms with Crippen molar-refractivity contribution < 1.29 is 13.9 Å². The molecule has 0 spiro atoms. The van der Waals surface area contributed by atoms with Gasteiger partial charge in [0.25, 0.3) is 0 Å². The Labute approximate surface area is 69.8 Å². The van der Waals surface area contributed by atoms with E-state index in [1.807, 2.05) is 6.92 Å². The lowest BCUT2D eigenvalue weighted by Crippen LogP contribution is -2.23. The molecule has 0 N–H and O–H groups in total. The fourth-order valence-corrected chi connectivity index (χ4v) is 1.52. The van der Waals surface area contributed by atoms with Crippen molar-refractivity contribution in [3.63, 3.8) is 0 Å². The summed E-state index contributed by atoms with van der Waals surface area (Å²) in [5, 5.41) is 0. The maximum absolute atomic E-state index is 11.0. The smallest absolute Gasteiger partial charge is 0.335 e. The molecular weight excluding hydrogens is 168 g/mol. The number of hydrogen-bond donors (Lipinski definition) is 0. The normalized spacial score (nSPS) is 30.5. The van der Waals surface area contributed by atoms with Gasteiger partial charge in [-0.15, -0.1) is 0 Å². The van der Waals surface area contributed by atoms with E-state index in [1.165, 1.54) is 0 Å². The zero-order valence-electron chi connectivity index (χ0n) is 6.17. The Kier molecular flexibility index (Phi) is 2.49. The van der Waals surface area contributed by atoms with Gasteiger partial charge in [0.05, 0.1) is 0 Å².